The standard InChI is InChI=1S/C20H15N3O7S/c1-14-7-9-16(10-8-14)21(31(29,30)19-5-3-2-4-6-19)20(24)15-11-17(22(25)26)13-18(12-15)23(27)28/h2-13H,1H3. The van der Waals surface area contributed by atoms with Gasteiger partial charge < -0.3 is 0 Å². The Morgan fingerprint density at radius 2 is 1.35 bits per heavy atom. The molecular formula is C20H15N3O7S. The summed E-state index contributed by atoms with van der Waals surface area (Å²) in [4.78, 5) is 33.7. The lowest BCUT2D eigenvalue weighted by Gasteiger charge is -2.23. The lowest BCUT2D eigenvalue weighted by Crippen LogP contribution is -2.37. The highest BCUT2D eigenvalue weighted by Crippen LogP contribution is 2.29. The summed E-state index contributed by atoms with van der Waals surface area (Å²) in [5.74, 6) is -1.17. The van der Waals surface area contributed by atoms with Crippen LogP contribution in [0.25, 0.3) is 0 Å². The van der Waals surface area contributed by atoms with E-state index in [-0.39, 0.29) is 10.6 Å². The third-order valence-corrected chi connectivity index (χ3v) is 6.03. The fraction of sp³-hybridized carbons (Fsp3) is 0.0500. The van der Waals surface area contributed by atoms with E-state index in [1.54, 1.807) is 25.1 Å². The van der Waals surface area contributed by atoms with Gasteiger partial charge in [0.15, 0.2) is 0 Å². The van der Waals surface area contributed by atoms with Gasteiger partial charge >= 0.3 is 0 Å². The number of aryl methyl sites for hydroxylation is 1. The maximum absolute atomic E-state index is 13.3. The van der Waals surface area contributed by atoms with E-state index < -0.39 is 42.7 Å². The van der Waals surface area contributed by atoms with E-state index in [4.69, 9.17) is 0 Å². The van der Waals surface area contributed by atoms with E-state index in [0.29, 0.717) is 10.4 Å². The van der Waals surface area contributed by atoms with Crippen LogP contribution in [0, 0.1) is 27.2 Å². The highest BCUT2D eigenvalue weighted by molar-refractivity contribution is 7.93. The molecule has 11 heteroatoms. The molecule has 0 saturated carbocycles. The zero-order valence-electron chi connectivity index (χ0n) is 16.0. The Balaban J connectivity index is 2.23. The van der Waals surface area contributed by atoms with Gasteiger partial charge in [0.05, 0.1) is 32.1 Å². The van der Waals surface area contributed by atoms with Crippen molar-refractivity contribution in [2.75, 3.05) is 4.31 Å². The van der Waals surface area contributed by atoms with Crippen molar-refractivity contribution < 1.29 is 23.1 Å². The molecule has 0 saturated heterocycles. The number of non-ortho nitro benzene ring substituents is 2. The number of hydrogen-bond acceptors (Lipinski definition) is 7. The molecule has 3 rings (SSSR count). The molecule has 0 bridgehead atoms. The molecule has 0 unspecified atom stereocenters. The Labute approximate surface area is 176 Å². The van der Waals surface area contributed by atoms with Gasteiger partial charge in [-0.25, -0.2) is 8.42 Å². The first-order valence-corrected chi connectivity index (χ1v) is 10.2. The number of amides is 1. The van der Waals surface area contributed by atoms with E-state index in [0.717, 1.165) is 17.7 Å². The summed E-state index contributed by atoms with van der Waals surface area (Å²) in [5.41, 5.74) is -1.15. The number of nitrogens with zero attached hydrogens (tertiary/aromatic N) is 3. The van der Waals surface area contributed by atoms with Gasteiger partial charge in [0.25, 0.3) is 27.3 Å². The maximum atomic E-state index is 13.3. The second kappa shape index (κ2) is 8.32. The van der Waals surface area contributed by atoms with Gasteiger partial charge in [0.1, 0.15) is 0 Å². The lowest BCUT2D eigenvalue weighted by molar-refractivity contribution is -0.394. The summed E-state index contributed by atoms with van der Waals surface area (Å²) in [6.45, 7) is 1.77. The van der Waals surface area contributed by atoms with Crippen LogP contribution in [-0.2, 0) is 10.0 Å². The van der Waals surface area contributed by atoms with E-state index in [2.05, 4.69) is 0 Å². The number of rotatable bonds is 6. The van der Waals surface area contributed by atoms with Crippen LogP contribution in [0.3, 0.4) is 0 Å². The molecule has 31 heavy (non-hydrogen) atoms. The monoisotopic (exact) mass is 441 g/mol. The Kier molecular flexibility index (Phi) is 5.79. The number of nitro groups is 2. The number of nitro benzene ring substituents is 2. The summed E-state index contributed by atoms with van der Waals surface area (Å²) in [6, 6.07) is 15.4. The van der Waals surface area contributed by atoms with Crippen molar-refractivity contribution in [1.82, 2.24) is 0 Å². The van der Waals surface area contributed by atoms with Gasteiger partial charge in [-0.05, 0) is 31.2 Å². The fourth-order valence-electron chi connectivity index (χ4n) is 2.79. The van der Waals surface area contributed by atoms with Gasteiger partial charge in [0, 0.05) is 12.1 Å². The summed E-state index contributed by atoms with van der Waals surface area (Å²) < 4.78 is 27.1. The Morgan fingerprint density at radius 3 is 1.84 bits per heavy atom. The molecule has 1 amide bonds. The van der Waals surface area contributed by atoms with Gasteiger partial charge in [-0.3, -0.25) is 25.0 Å². The number of carbonyl (C=O) groups excluding carboxylic acids is 1. The van der Waals surface area contributed by atoms with Crippen LogP contribution >= 0.6 is 0 Å². The summed E-state index contributed by atoms with van der Waals surface area (Å²) >= 11 is 0. The highest BCUT2D eigenvalue weighted by Gasteiger charge is 2.33. The lowest BCUT2D eigenvalue weighted by atomic mass is 10.1. The topological polar surface area (TPSA) is 141 Å². The molecule has 0 fully saturated rings. The smallest absolute Gasteiger partial charge is 0.268 e. The van der Waals surface area contributed by atoms with E-state index in [1.165, 1.54) is 36.4 Å². The Hall–Kier alpha value is -4.12. The van der Waals surface area contributed by atoms with Gasteiger partial charge in [-0.2, -0.15) is 4.31 Å². The van der Waals surface area contributed by atoms with Crippen molar-refractivity contribution in [3.05, 3.63) is 104 Å². The largest absolute Gasteiger partial charge is 0.277 e. The van der Waals surface area contributed by atoms with Gasteiger partial charge in [-0.15, -0.1) is 0 Å². The summed E-state index contributed by atoms with van der Waals surface area (Å²) in [6.07, 6.45) is 0. The molecule has 0 heterocycles. The Morgan fingerprint density at radius 1 is 0.839 bits per heavy atom. The normalized spacial score (nSPS) is 11.0. The third-order valence-electron chi connectivity index (χ3n) is 4.31. The van der Waals surface area contributed by atoms with Crippen molar-refractivity contribution in [3.8, 4) is 0 Å². The molecule has 3 aromatic carbocycles. The minimum atomic E-state index is -4.44. The minimum absolute atomic E-state index is 0.0198. The van der Waals surface area contributed by atoms with E-state index in [1.807, 2.05) is 0 Å². The predicted octanol–water partition coefficient (Wildman–Crippen LogP) is 3.85. The molecule has 0 radical (unpaired) electrons. The van der Waals surface area contributed by atoms with Crippen LogP contribution in [0.4, 0.5) is 17.1 Å². The quantitative estimate of drug-likeness (QED) is 0.418. The fourth-order valence-corrected chi connectivity index (χ4v) is 4.22. The number of hydrogen-bond donors (Lipinski definition) is 0. The molecule has 0 atom stereocenters. The van der Waals surface area contributed by atoms with Crippen molar-refractivity contribution >= 4 is 33.0 Å². The molecule has 0 aromatic heterocycles. The molecule has 0 N–H and O–H groups in total. The van der Waals surface area contributed by atoms with E-state index >= 15 is 0 Å². The van der Waals surface area contributed by atoms with Crippen LogP contribution in [0.1, 0.15) is 15.9 Å². The molecule has 10 nitrogen and oxygen atoms in total. The SMILES string of the molecule is Cc1ccc(N(C(=O)c2cc([N+](=O)[O-])cc([N+](=O)[O-])c2)S(=O)(=O)c2ccccc2)cc1. The second-order valence-electron chi connectivity index (χ2n) is 6.48. The van der Waals surface area contributed by atoms with Crippen molar-refractivity contribution in [2.45, 2.75) is 11.8 Å². The molecular weight excluding hydrogens is 426 g/mol. The molecule has 0 aliphatic rings. The Bertz CT molecular complexity index is 1240. The summed E-state index contributed by atoms with van der Waals surface area (Å²) in [5, 5.41) is 22.4. The first-order valence-electron chi connectivity index (χ1n) is 8.76. The molecule has 158 valence electrons. The van der Waals surface area contributed by atoms with Crippen molar-refractivity contribution in [3.63, 3.8) is 0 Å². The van der Waals surface area contributed by atoms with Gasteiger partial charge in [0.2, 0.25) is 0 Å². The zero-order chi connectivity index (χ0) is 22.8. The minimum Gasteiger partial charge on any atom is -0.268 e. The molecule has 0 aliphatic carbocycles. The third kappa shape index (κ3) is 4.41. The van der Waals surface area contributed by atoms with Crippen LogP contribution < -0.4 is 4.31 Å². The second-order valence-corrected chi connectivity index (χ2v) is 8.26. The molecule has 0 spiro atoms. The van der Waals surface area contributed by atoms with Crippen LogP contribution in [0.2, 0.25) is 0 Å². The predicted molar refractivity (Wildman–Crippen MR) is 111 cm³/mol. The average molecular weight is 441 g/mol. The number of sulfonamides is 1. The van der Waals surface area contributed by atoms with Crippen molar-refractivity contribution in [2.24, 2.45) is 0 Å². The first-order chi connectivity index (χ1) is 14.6. The first kappa shape index (κ1) is 21.6. The van der Waals surface area contributed by atoms with Crippen LogP contribution in [0.15, 0.2) is 77.7 Å². The highest BCUT2D eigenvalue weighted by atomic mass is 32.2. The molecule has 0 aliphatic heterocycles. The maximum Gasteiger partial charge on any atom is 0.277 e. The number of benzene rings is 3. The molecule has 3 aromatic rings. The summed E-state index contributed by atoms with van der Waals surface area (Å²) in [7, 11) is -4.44. The van der Waals surface area contributed by atoms with E-state index in [9.17, 15) is 33.4 Å². The van der Waals surface area contributed by atoms with Crippen LogP contribution in [-0.4, -0.2) is 24.2 Å². The van der Waals surface area contributed by atoms with Gasteiger partial charge in [-0.1, -0.05) is 35.9 Å². The van der Waals surface area contributed by atoms with Crippen LogP contribution in [0.5, 0.6) is 0 Å². The zero-order valence-corrected chi connectivity index (χ0v) is 16.9. The average Bonchev–Trinajstić information content (AvgIpc) is 2.75. The number of anilines is 1. The van der Waals surface area contributed by atoms with Crippen molar-refractivity contribution in [1.29, 1.82) is 0 Å². The number of carbonyl (C=O) groups is 1.